The minimum Gasteiger partial charge on any atom is -0.313 e. The summed E-state index contributed by atoms with van der Waals surface area (Å²) in [5.41, 5.74) is 2.98. The molecule has 2 aliphatic heterocycles. The van der Waals surface area contributed by atoms with Crippen LogP contribution in [0.25, 0.3) is 0 Å². The zero-order valence-electron chi connectivity index (χ0n) is 8.05. The molecule has 2 aliphatic rings. The molecule has 0 aromatic rings. The summed E-state index contributed by atoms with van der Waals surface area (Å²) in [6.45, 7) is 3.92. The maximum absolute atomic E-state index is 11.2. The summed E-state index contributed by atoms with van der Waals surface area (Å²) in [5, 5.41) is 5.53. The number of piperazine rings is 1. The summed E-state index contributed by atoms with van der Waals surface area (Å²) < 4.78 is 0. The minimum absolute atomic E-state index is 0.138. The molecule has 0 spiro atoms. The molecular formula is C9H17N3O. The molecule has 0 aromatic heterocycles. The quantitative estimate of drug-likeness (QED) is 0.626. The Balaban J connectivity index is 1.95. The van der Waals surface area contributed by atoms with Crippen molar-refractivity contribution in [1.29, 1.82) is 0 Å². The number of carbonyl (C=O) groups excluding carboxylic acids is 1. The second-order valence-electron chi connectivity index (χ2n) is 3.84. The Labute approximate surface area is 78.6 Å². The first-order chi connectivity index (χ1) is 6.31. The van der Waals surface area contributed by atoms with Crippen molar-refractivity contribution in [3.8, 4) is 0 Å². The molecule has 2 N–H and O–H groups in total. The fourth-order valence-electron chi connectivity index (χ4n) is 2.18. The smallest absolute Gasteiger partial charge is 0.234 e. The van der Waals surface area contributed by atoms with Gasteiger partial charge in [0.2, 0.25) is 5.91 Å². The van der Waals surface area contributed by atoms with Crippen LogP contribution in [-0.4, -0.2) is 36.1 Å². The van der Waals surface area contributed by atoms with Crippen molar-refractivity contribution < 1.29 is 4.79 Å². The highest BCUT2D eigenvalue weighted by Gasteiger charge is 2.37. The number of rotatable bonds is 2. The number of carbonyl (C=O) groups is 1. The van der Waals surface area contributed by atoms with Crippen molar-refractivity contribution in [1.82, 2.24) is 15.8 Å². The first-order valence-corrected chi connectivity index (χ1v) is 5.09. The van der Waals surface area contributed by atoms with Gasteiger partial charge in [0.05, 0.1) is 0 Å². The van der Waals surface area contributed by atoms with E-state index in [0.717, 1.165) is 13.1 Å². The molecule has 0 aliphatic carbocycles. The lowest BCUT2D eigenvalue weighted by Crippen LogP contribution is -2.58. The van der Waals surface area contributed by atoms with Gasteiger partial charge in [0.25, 0.3) is 0 Å². The van der Waals surface area contributed by atoms with E-state index in [0.29, 0.717) is 18.5 Å². The van der Waals surface area contributed by atoms with E-state index in [2.05, 4.69) is 15.8 Å². The van der Waals surface area contributed by atoms with Gasteiger partial charge in [0.15, 0.2) is 0 Å². The lowest BCUT2D eigenvalue weighted by Gasteiger charge is -2.35. The Hall–Kier alpha value is -0.610. The Kier molecular flexibility index (Phi) is 2.51. The van der Waals surface area contributed by atoms with Crippen LogP contribution in [0.5, 0.6) is 0 Å². The van der Waals surface area contributed by atoms with Gasteiger partial charge in [0.1, 0.15) is 0 Å². The fraction of sp³-hybridized carbons (Fsp3) is 0.889. The molecule has 2 rings (SSSR count). The van der Waals surface area contributed by atoms with Gasteiger partial charge in [-0.3, -0.25) is 10.2 Å². The largest absolute Gasteiger partial charge is 0.313 e. The molecule has 4 heteroatoms. The Morgan fingerprint density at radius 1 is 1.46 bits per heavy atom. The third-order valence-electron chi connectivity index (χ3n) is 2.95. The van der Waals surface area contributed by atoms with Crippen LogP contribution >= 0.6 is 0 Å². The monoisotopic (exact) mass is 183 g/mol. The second kappa shape index (κ2) is 3.64. The normalized spacial score (nSPS) is 33.3. The number of hydrazine groups is 1. The van der Waals surface area contributed by atoms with Gasteiger partial charge in [0, 0.05) is 31.6 Å². The topological polar surface area (TPSA) is 44.4 Å². The average molecular weight is 183 g/mol. The Morgan fingerprint density at radius 3 is 2.62 bits per heavy atom. The zero-order valence-corrected chi connectivity index (χ0v) is 8.05. The molecule has 4 nitrogen and oxygen atoms in total. The van der Waals surface area contributed by atoms with Crippen LogP contribution in [-0.2, 0) is 4.79 Å². The van der Waals surface area contributed by atoms with Gasteiger partial charge in [-0.1, -0.05) is 6.92 Å². The highest BCUT2D eigenvalue weighted by atomic mass is 16.2. The molecule has 2 fully saturated rings. The molecule has 2 unspecified atom stereocenters. The fourth-order valence-corrected chi connectivity index (χ4v) is 2.18. The highest BCUT2D eigenvalue weighted by Crippen LogP contribution is 2.24. The molecule has 74 valence electrons. The summed E-state index contributed by atoms with van der Waals surface area (Å²) in [5.74, 6) is 0.138. The van der Waals surface area contributed by atoms with Crippen LogP contribution in [0.2, 0.25) is 0 Å². The number of amides is 1. The third kappa shape index (κ3) is 1.69. The summed E-state index contributed by atoms with van der Waals surface area (Å²) in [6.07, 6.45) is 2.99. The van der Waals surface area contributed by atoms with E-state index in [1.165, 1.54) is 12.8 Å². The van der Waals surface area contributed by atoms with Gasteiger partial charge in [-0.15, -0.1) is 0 Å². The average Bonchev–Trinajstić information content (AvgIpc) is 2.41. The SMILES string of the molecule is CCC(=O)NN1C2CCC1CNC2. The van der Waals surface area contributed by atoms with Crippen LogP contribution in [0.4, 0.5) is 0 Å². The van der Waals surface area contributed by atoms with Gasteiger partial charge in [-0.25, -0.2) is 5.01 Å². The molecule has 0 radical (unpaired) electrons. The van der Waals surface area contributed by atoms with E-state index in [1.54, 1.807) is 0 Å². The van der Waals surface area contributed by atoms with Gasteiger partial charge >= 0.3 is 0 Å². The van der Waals surface area contributed by atoms with Crippen molar-refractivity contribution in [2.24, 2.45) is 0 Å². The number of hydrogen-bond acceptors (Lipinski definition) is 3. The van der Waals surface area contributed by atoms with Crippen molar-refractivity contribution in [2.45, 2.75) is 38.3 Å². The number of hydrogen-bond donors (Lipinski definition) is 2. The lowest BCUT2D eigenvalue weighted by molar-refractivity contribution is -0.127. The maximum Gasteiger partial charge on any atom is 0.234 e. The van der Waals surface area contributed by atoms with Crippen molar-refractivity contribution in [2.75, 3.05) is 13.1 Å². The summed E-state index contributed by atoms with van der Waals surface area (Å²) in [7, 11) is 0. The molecule has 2 bridgehead atoms. The highest BCUT2D eigenvalue weighted by molar-refractivity contribution is 5.75. The van der Waals surface area contributed by atoms with Gasteiger partial charge in [-0.05, 0) is 12.8 Å². The van der Waals surface area contributed by atoms with E-state index in [1.807, 2.05) is 6.92 Å². The van der Waals surface area contributed by atoms with Crippen molar-refractivity contribution in [3.05, 3.63) is 0 Å². The number of nitrogens with one attached hydrogen (secondary N) is 2. The summed E-state index contributed by atoms with van der Waals surface area (Å²) >= 11 is 0. The van der Waals surface area contributed by atoms with Crippen LogP contribution in [0.3, 0.4) is 0 Å². The van der Waals surface area contributed by atoms with E-state index in [9.17, 15) is 4.79 Å². The standard InChI is InChI=1S/C9H17N3O/c1-2-9(13)11-12-7-3-4-8(12)6-10-5-7/h7-8,10H,2-6H2,1H3,(H,11,13). The van der Waals surface area contributed by atoms with E-state index in [4.69, 9.17) is 0 Å². The van der Waals surface area contributed by atoms with E-state index >= 15 is 0 Å². The van der Waals surface area contributed by atoms with Crippen molar-refractivity contribution in [3.63, 3.8) is 0 Å². The number of nitrogens with zero attached hydrogens (tertiary/aromatic N) is 1. The number of fused-ring (bicyclic) bond motifs is 2. The molecule has 2 saturated heterocycles. The minimum atomic E-state index is 0.138. The molecule has 0 saturated carbocycles. The lowest BCUT2D eigenvalue weighted by atomic mass is 10.2. The van der Waals surface area contributed by atoms with Crippen LogP contribution in [0.15, 0.2) is 0 Å². The molecule has 0 aromatic carbocycles. The van der Waals surface area contributed by atoms with Gasteiger partial charge in [-0.2, -0.15) is 0 Å². The second-order valence-corrected chi connectivity index (χ2v) is 3.84. The Morgan fingerprint density at radius 2 is 2.08 bits per heavy atom. The van der Waals surface area contributed by atoms with E-state index in [-0.39, 0.29) is 5.91 Å². The zero-order chi connectivity index (χ0) is 9.26. The Bertz CT molecular complexity index is 191. The molecule has 1 amide bonds. The first kappa shape index (κ1) is 8.97. The van der Waals surface area contributed by atoms with Gasteiger partial charge < -0.3 is 5.32 Å². The van der Waals surface area contributed by atoms with Crippen LogP contribution in [0.1, 0.15) is 26.2 Å². The van der Waals surface area contributed by atoms with Crippen molar-refractivity contribution >= 4 is 5.91 Å². The third-order valence-corrected chi connectivity index (χ3v) is 2.95. The van der Waals surface area contributed by atoms with Crippen LogP contribution in [0, 0.1) is 0 Å². The van der Waals surface area contributed by atoms with E-state index < -0.39 is 0 Å². The molecule has 2 heterocycles. The summed E-state index contributed by atoms with van der Waals surface area (Å²) in [4.78, 5) is 11.2. The predicted octanol–water partition coefficient (Wildman–Crippen LogP) is -0.136. The predicted molar refractivity (Wildman–Crippen MR) is 50.0 cm³/mol. The first-order valence-electron chi connectivity index (χ1n) is 5.09. The summed E-state index contributed by atoms with van der Waals surface area (Å²) in [6, 6.07) is 1.04. The van der Waals surface area contributed by atoms with Crippen LogP contribution < -0.4 is 10.7 Å². The molecular weight excluding hydrogens is 166 g/mol. The maximum atomic E-state index is 11.2. The molecule has 13 heavy (non-hydrogen) atoms. The molecule has 2 atom stereocenters.